The van der Waals surface area contributed by atoms with Crippen LogP contribution < -0.4 is 0 Å². The van der Waals surface area contributed by atoms with E-state index in [1.165, 1.54) is 5.39 Å². The second-order valence-corrected chi connectivity index (χ2v) is 5.12. The smallest absolute Gasteiger partial charge is 0.126 e. The summed E-state index contributed by atoms with van der Waals surface area (Å²) in [6.45, 7) is 0. The van der Waals surface area contributed by atoms with Crippen LogP contribution in [0.1, 0.15) is 0 Å². The molecule has 4 aromatic rings. The number of hydrogen-bond acceptors (Lipinski definition) is 3. The molecule has 4 rings (SSSR count). The molecule has 4 nitrogen and oxygen atoms in total. The Morgan fingerprint density at radius 2 is 2.00 bits per heavy atom. The SMILES string of the molecule is c1ccc2c(-c3nccs3)c(-c3ccn[nH]3)[nH]c2c1. The summed E-state index contributed by atoms with van der Waals surface area (Å²) in [4.78, 5) is 7.89. The molecule has 0 atom stereocenters. The molecule has 0 saturated carbocycles. The van der Waals surface area contributed by atoms with Gasteiger partial charge in [-0.05, 0) is 12.1 Å². The van der Waals surface area contributed by atoms with Gasteiger partial charge in [0.1, 0.15) is 5.01 Å². The number of para-hydroxylation sites is 1. The van der Waals surface area contributed by atoms with E-state index in [1.54, 1.807) is 17.5 Å². The second-order valence-electron chi connectivity index (χ2n) is 4.23. The monoisotopic (exact) mass is 266 g/mol. The zero-order valence-corrected chi connectivity index (χ0v) is 10.7. The molecule has 0 saturated heterocycles. The molecule has 0 fully saturated rings. The van der Waals surface area contributed by atoms with Gasteiger partial charge in [-0.15, -0.1) is 11.3 Å². The number of hydrogen-bond donors (Lipinski definition) is 2. The van der Waals surface area contributed by atoms with Crippen molar-refractivity contribution in [3.8, 4) is 22.0 Å². The first-order chi connectivity index (χ1) is 9.43. The Balaban J connectivity index is 2.10. The molecule has 3 heterocycles. The number of fused-ring (bicyclic) bond motifs is 1. The van der Waals surface area contributed by atoms with E-state index in [0.29, 0.717) is 0 Å². The van der Waals surface area contributed by atoms with Gasteiger partial charge in [0, 0.05) is 34.2 Å². The lowest BCUT2D eigenvalue weighted by Crippen LogP contribution is -1.82. The maximum absolute atomic E-state index is 4.44. The third-order valence-corrected chi connectivity index (χ3v) is 3.91. The Hall–Kier alpha value is -2.40. The van der Waals surface area contributed by atoms with E-state index in [1.807, 2.05) is 29.8 Å². The number of aromatic amines is 2. The highest BCUT2D eigenvalue weighted by molar-refractivity contribution is 7.13. The number of H-pyrrole nitrogens is 2. The fourth-order valence-corrected chi connectivity index (χ4v) is 3.01. The molecule has 0 bridgehead atoms. The average Bonchev–Trinajstić information content (AvgIpc) is 3.17. The Kier molecular flexibility index (Phi) is 2.25. The molecule has 0 aliphatic carbocycles. The summed E-state index contributed by atoms with van der Waals surface area (Å²) < 4.78 is 0. The van der Waals surface area contributed by atoms with Gasteiger partial charge >= 0.3 is 0 Å². The molecule has 0 aliphatic heterocycles. The summed E-state index contributed by atoms with van der Waals surface area (Å²) in [5.74, 6) is 0. The molecule has 0 spiro atoms. The Morgan fingerprint density at radius 1 is 1.05 bits per heavy atom. The predicted octanol–water partition coefficient (Wildman–Crippen LogP) is 3.68. The lowest BCUT2D eigenvalue weighted by atomic mass is 10.1. The van der Waals surface area contributed by atoms with Crippen LogP contribution in [-0.2, 0) is 0 Å². The molecular formula is C14H10N4S. The molecule has 0 aliphatic rings. The van der Waals surface area contributed by atoms with Crippen molar-refractivity contribution in [2.75, 3.05) is 0 Å². The molecule has 0 unspecified atom stereocenters. The van der Waals surface area contributed by atoms with Crippen LogP contribution in [0.25, 0.3) is 32.9 Å². The van der Waals surface area contributed by atoms with E-state index in [4.69, 9.17) is 0 Å². The zero-order chi connectivity index (χ0) is 12.7. The van der Waals surface area contributed by atoms with Crippen LogP contribution in [0.2, 0.25) is 0 Å². The number of benzene rings is 1. The van der Waals surface area contributed by atoms with Crippen LogP contribution in [-0.4, -0.2) is 20.2 Å². The van der Waals surface area contributed by atoms with E-state index in [2.05, 4.69) is 32.3 Å². The molecule has 2 N–H and O–H groups in total. The molecule has 0 amide bonds. The Morgan fingerprint density at radius 3 is 2.79 bits per heavy atom. The Bertz CT molecular complexity index is 813. The molecule has 1 aromatic carbocycles. The first-order valence-electron chi connectivity index (χ1n) is 5.94. The summed E-state index contributed by atoms with van der Waals surface area (Å²) in [6, 6.07) is 10.2. The number of aromatic nitrogens is 4. The van der Waals surface area contributed by atoms with Gasteiger partial charge in [-0.2, -0.15) is 5.10 Å². The molecule has 0 radical (unpaired) electrons. The van der Waals surface area contributed by atoms with Gasteiger partial charge in [0.25, 0.3) is 0 Å². The molecule has 5 heteroatoms. The highest BCUT2D eigenvalue weighted by Crippen LogP contribution is 2.38. The number of thiazole rings is 1. The van der Waals surface area contributed by atoms with Crippen LogP contribution in [0.3, 0.4) is 0 Å². The van der Waals surface area contributed by atoms with Gasteiger partial charge in [0.2, 0.25) is 0 Å². The van der Waals surface area contributed by atoms with E-state index in [-0.39, 0.29) is 0 Å². The van der Waals surface area contributed by atoms with E-state index in [9.17, 15) is 0 Å². The highest BCUT2D eigenvalue weighted by Gasteiger charge is 2.17. The van der Waals surface area contributed by atoms with Crippen LogP contribution in [0, 0.1) is 0 Å². The topological polar surface area (TPSA) is 57.4 Å². The largest absolute Gasteiger partial charge is 0.353 e. The molecule has 3 aromatic heterocycles. The van der Waals surface area contributed by atoms with Crippen LogP contribution in [0.5, 0.6) is 0 Å². The van der Waals surface area contributed by atoms with Crippen molar-refractivity contribution in [3.63, 3.8) is 0 Å². The van der Waals surface area contributed by atoms with Crippen molar-refractivity contribution in [1.82, 2.24) is 20.2 Å². The normalized spacial score (nSPS) is 11.2. The van der Waals surface area contributed by atoms with Gasteiger partial charge in [-0.3, -0.25) is 5.10 Å². The third kappa shape index (κ3) is 1.59. The first-order valence-corrected chi connectivity index (χ1v) is 6.82. The van der Waals surface area contributed by atoms with Gasteiger partial charge in [0.15, 0.2) is 0 Å². The van der Waals surface area contributed by atoms with Gasteiger partial charge in [-0.25, -0.2) is 4.98 Å². The van der Waals surface area contributed by atoms with Crippen LogP contribution in [0.15, 0.2) is 48.1 Å². The zero-order valence-electron chi connectivity index (χ0n) is 9.92. The number of rotatable bonds is 2. The Labute approximate surface area is 113 Å². The third-order valence-electron chi connectivity index (χ3n) is 3.12. The minimum absolute atomic E-state index is 0.974. The molecule has 19 heavy (non-hydrogen) atoms. The lowest BCUT2D eigenvalue weighted by Gasteiger charge is -1.98. The number of nitrogens with one attached hydrogen (secondary N) is 2. The molecular weight excluding hydrogens is 256 g/mol. The fourth-order valence-electron chi connectivity index (χ4n) is 2.31. The maximum Gasteiger partial charge on any atom is 0.126 e. The second kappa shape index (κ2) is 4.07. The van der Waals surface area contributed by atoms with Crippen LogP contribution >= 0.6 is 11.3 Å². The molecule has 92 valence electrons. The van der Waals surface area contributed by atoms with Gasteiger partial charge in [-0.1, -0.05) is 18.2 Å². The van der Waals surface area contributed by atoms with Crippen molar-refractivity contribution in [1.29, 1.82) is 0 Å². The van der Waals surface area contributed by atoms with Crippen molar-refractivity contribution >= 4 is 22.2 Å². The summed E-state index contributed by atoms with van der Waals surface area (Å²) in [7, 11) is 0. The van der Waals surface area contributed by atoms with Crippen LogP contribution in [0.4, 0.5) is 0 Å². The van der Waals surface area contributed by atoms with E-state index >= 15 is 0 Å². The summed E-state index contributed by atoms with van der Waals surface area (Å²) in [6.07, 6.45) is 3.59. The summed E-state index contributed by atoms with van der Waals surface area (Å²) >= 11 is 1.64. The van der Waals surface area contributed by atoms with Crippen molar-refractivity contribution < 1.29 is 0 Å². The van der Waals surface area contributed by atoms with E-state index < -0.39 is 0 Å². The highest BCUT2D eigenvalue weighted by atomic mass is 32.1. The van der Waals surface area contributed by atoms with Crippen molar-refractivity contribution in [2.45, 2.75) is 0 Å². The summed E-state index contributed by atoms with van der Waals surface area (Å²) in [5, 5.41) is 11.2. The predicted molar refractivity (Wildman–Crippen MR) is 77.0 cm³/mol. The minimum atomic E-state index is 0.974. The fraction of sp³-hybridized carbons (Fsp3) is 0. The quantitative estimate of drug-likeness (QED) is 0.581. The summed E-state index contributed by atoms with van der Waals surface area (Å²) in [5.41, 5.74) is 4.25. The first kappa shape index (κ1) is 10.5. The van der Waals surface area contributed by atoms with Crippen molar-refractivity contribution in [3.05, 3.63) is 48.1 Å². The van der Waals surface area contributed by atoms with Gasteiger partial charge in [0.05, 0.1) is 11.4 Å². The van der Waals surface area contributed by atoms with Gasteiger partial charge < -0.3 is 4.98 Å². The standard InChI is InChI=1S/C14H10N4S/c1-2-4-10-9(3-1)12(14-15-7-8-19-14)13(17-10)11-5-6-16-18-11/h1-8,17H,(H,16,18). The maximum atomic E-state index is 4.44. The van der Waals surface area contributed by atoms with Crippen molar-refractivity contribution in [2.24, 2.45) is 0 Å². The lowest BCUT2D eigenvalue weighted by molar-refractivity contribution is 1.09. The average molecular weight is 266 g/mol. The minimum Gasteiger partial charge on any atom is -0.353 e. The van der Waals surface area contributed by atoms with E-state index in [0.717, 1.165) is 27.5 Å². The number of nitrogens with zero attached hydrogens (tertiary/aromatic N) is 2.